The fraction of sp³-hybridized carbons (Fsp3) is 0.400. The second kappa shape index (κ2) is 6.22. The van der Waals surface area contributed by atoms with Crippen LogP contribution in [-0.2, 0) is 11.2 Å². The highest BCUT2D eigenvalue weighted by atomic mass is 32.1. The van der Waals surface area contributed by atoms with E-state index in [9.17, 15) is 4.79 Å². The minimum atomic E-state index is -0.0212. The summed E-state index contributed by atoms with van der Waals surface area (Å²) in [6.45, 7) is 4.02. The van der Waals surface area contributed by atoms with Gasteiger partial charge in [-0.1, -0.05) is 0 Å². The number of thiophene rings is 1. The highest BCUT2D eigenvalue weighted by Crippen LogP contribution is 2.25. The molecule has 0 radical (unpaired) electrons. The van der Waals surface area contributed by atoms with E-state index in [1.54, 1.807) is 17.5 Å². The Hall–Kier alpha value is -1.95. The van der Waals surface area contributed by atoms with E-state index >= 15 is 0 Å². The van der Waals surface area contributed by atoms with Crippen molar-refractivity contribution in [2.24, 2.45) is 0 Å². The van der Waals surface area contributed by atoms with Crippen molar-refractivity contribution in [2.45, 2.75) is 26.2 Å². The van der Waals surface area contributed by atoms with Gasteiger partial charge in [0.25, 0.3) is 0 Å². The molecule has 0 aromatic carbocycles. The molecular formula is C15H18N4OS. The third-order valence-electron chi connectivity index (χ3n) is 3.50. The van der Waals surface area contributed by atoms with Gasteiger partial charge in [0.1, 0.15) is 12.0 Å². The van der Waals surface area contributed by atoms with Crippen LogP contribution in [-0.4, -0.2) is 29.0 Å². The van der Waals surface area contributed by atoms with Crippen LogP contribution in [0, 0.1) is 6.92 Å². The van der Waals surface area contributed by atoms with E-state index in [2.05, 4.69) is 20.2 Å². The molecule has 1 aliphatic heterocycles. The number of anilines is 2. The number of carbonyl (C=O) groups excluding carboxylic acids is 1. The summed E-state index contributed by atoms with van der Waals surface area (Å²) in [5.74, 6) is 0.810. The van der Waals surface area contributed by atoms with Gasteiger partial charge in [-0.3, -0.25) is 4.79 Å². The van der Waals surface area contributed by atoms with Gasteiger partial charge >= 0.3 is 0 Å². The second-order valence-electron chi connectivity index (χ2n) is 5.19. The zero-order valence-electron chi connectivity index (χ0n) is 12.0. The molecule has 0 spiro atoms. The number of nitrogens with one attached hydrogen (secondary N) is 1. The predicted molar refractivity (Wildman–Crippen MR) is 84.9 cm³/mol. The van der Waals surface area contributed by atoms with E-state index in [4.69, 9.17) is 0 Å². The summed E-state index contributed by atoms with van der Waals surface area (Å²) in [5, 5.41) is 2.95. The molecule has 1 amide bonds. The van der Waals surface area contributed by atoms with Gasteiger partial charge in [0, 0.05) is 22.8 Å². The summed E-state index contributed by atoms with van der Waals surface area (Å²) < 4.78 is 0. The van der Waals surface area contributed by atoms with Gasteiger partial charge in [-0.25, -0.2) is 9.97 Å². The van der Waals surface area contributed by atoms with E-state index in [0.29, 0.717) is 12.1 Å². The van der Waals surface area contributed by atoms with Crippen molar-refractivity contribution < 1.29 is 4.79 Å². The highest BCUT2D eigenvalue weighted by Gasteiger charge is 2.18. The molecule has 3 heterocycles. The fourth-order valence-electron chi connectivity index (χ4n) is 2.53. The van der Waals surface area contributed by atoms with Crippen molar-refractivity contribution in [2.75, 3.05) is 23.3 Å². The highest BCUT2D eigenvalue weighted by molar-refractivity contribution is 7.12. The Bertz CT molecular complexity index is 634. The van der Waals surface area contributed by atoms with Crippen LogP contribution in [0.5, 0.6) is 0 Å². The summed E-state index contributed by atoms with van der Waals surface area (Å²) in [6.07, 6.45) is 5.95. The van der Waals surface area contributed by atoms with E-state index < -0.39 is 0 Å². The van der Waals surface area contributed by atoms with E-state index in [1.165, 1.54) is 24.0 Å². The van der Waals surface area contributed by atoms with Crippen LogP contribution in [0.15, 0.2) is 24.7 Å². The standard InChI is InChI=1S/C15H18N4OS/c1-11-4-5-12(21-11)8-14(20)18-13-9-16-10-17-15(13)19-6-2-3-7-19/h4-5,9-10H,2-3,6-8H2,1H3,(H,18,20). The molecule has 1 fully saturated rings. The van der Waals surface area contributed by atoms with Crippen LogP contribution >= 0.6 is 11.3 Å². The monoisotopic (exact) mass is 302 g/mol. The Morgan fingerprint density at radius 1 is 1.38 bits per heavy atom. The first-order valence-corrected chi connectivity index (χ1v) is 7.94. The molecule has 0 aliphatic carbocycles. The van der Waals surface area contributed by atoms with Crippen molar-refractivity contribution in [3.8, 4) is 0 Å². The normalized spacial score (nSPS) is 14.4. The van der Waals surface area contributed by atoms with Crippen LogP contribution in [0.25, 0.3) is 0 Å². The van der Waals surface area contributed by atoms with Crippen molar-refractivity contribution >= 4 is 28.7 Å². The molecule has 2 aromatic rings. The molecule has 110 valence electrons. The lowest BCUT2D eigenvalue weighted by molar-refractivity contribution is -0.115. The summed E-state index contributed by atoms with van der Waals surface area (Å²) >= 11 is 1.65. The molecule has 0 unspecified atom stereocenters. The average Bonchev–Trinajstić information content (AvgIpc) is 3.11. The van der Waals surface area contributed by atoms with E-state index in [1.807, 2.05) is 19.1 Å². The topological polar surface area (TPSA) is 58.1 Å². The molecule has 0 saturated carbocycles. The van der Waals surface area contributed by atoms with Crippen molar-refractivity contribution in [1.82, 2.24) is 9.97 Å². The van der Waals surface area contributed by atoms with E-state index in [-0.39, 0.29) is 5.91 Å². The lowest BCUT2D eigenvalue weighted by Crippen LogP contribution is -2.23. The van der Waals surface area contributed by atoms with Crippen LogP contribution in [0.4, 0.5) is 11.5 Å². The van der Waals surface area contributed by atoms with Crippen molar-refractivity contribution in [3.05, 3.63) is 34.4 Å². The van der Waals surface area contributed by atoms with Crippen LogP contribution < -0.4 is 10.2 Å². The zero-order valence-corrected chi connectivity index (χ0v) is 12.8. The molecule has 1 aliphatic rings. The van der Waals surface area contributed by atoms with E-state index in [0.717, 1.165) is 23.8 Å². The van der Waals surface area contributed by atoms with Crippen LogP contribution in [0.1, 0.15) is 22.6 Å². The smallest absolute Gasteiger partial charge is 0.229 e. The molecular weight excluding hydrogens is 284 g/mol. The molecule has 5 nitrogen and oxygen atoms in total. The summed E-state index contributed by atoms with van der Waals surface area (Å²) in [6, 6.07) is 4.04. The first-order valence-electron chi connectivity index (χ1n) is 7.12. The van der Waals surface area contributed by atoms with Gasteiger partial charge in [0.2, 0.25) is 5.91 Å². The molecule has 0 bridgehead atoms. The van der Waals surface area contributed by atoms with Crippen LogP contribution in [0.3, 0.4) is 0 Å². The first kappa shape index (κ1) is 14.0. The maximum absolute atomic E-state index is 12.2. The number of carbonyl (C=O) groups is 1. The van der Waals surface area contributed by atoms with Gasteiger partial charge in [-0.15, -0.1) is 11.3 Å². The molecule has 1 N–H and O–H groups in total. The molecule has 21 heavy (non-hydrogen) atoms. The second-order valence-corrected chi connectivity index (χ2v) is 6.56. The van der Waals surface area contributed by atoms with Gasteiger partial charge < -0.3 is 10.2 Å². The lowest BCUT2D eigenvalue weighted by Gasteiger charge is -2.19. The number of aromatic nitrogens is 2. The number of rotatable bonds is 4. The Kier molecular flexibility index (Phi) is 4.15. The van der Waals surface area contributed by atoms with Crippen molar-refractivity contribution in [1.29, 1.82) is 0 Å². The number of amides is 1. The summed E-state index contributed by atoms with van der Waals surface area (Å²) in [7, 11) is 0. The molecule has 3 rings (SSSR count). The fourth-order valence-corrected chi connectivity index (χ4v) is 3.41. The molecule has 1 saturated heterocycles. The van der Waals surface area contributed by atoms with Gasteiger partial charge in [-0.2, -0.15) is 0 Å². The largest absolute Gasteiger partial charge is 0.355 e. The Morgan fingerprint density at radius 2 is 2.19 bits per heavy atom. The molecule has 6 heteroatoms. The average molecular weight is 302 g/mol. The van der Waals surface area contributed by atoms with Crippen molar-refractivity contribution in [3.63, 3.8) is 0 Å². The number of aryl methyl sites for hydroxylation is 1. The molecule has 0 atom stereocenters. The Balaban J connectivity index is 1.70. The Labute approximate surface area is 128 Å². The minimum absolute atomic E-state index is 0.0212. The minimum Gasteiger partial charge on any atom is -0.355 e. The Morgan fingerprint density at radius 3 is 2.90 bits per heavy atom. The van der Waals surface area contributed by atoms with Gasteiger partial charge in [-0.05, 0) is 31.9 Å². The van der Waals surface area contributed by atoms with Crippen LogP contribution in [0.2, 0.25) is 0 Å². The summed E-state index contributed by atoms with van der Waals surface area (Å²) in [4.78, 5) is 25.0. The van der Waals surface area contributed by atoms with Gasteiger partial charge in [0.15, 0.2) is 5.82 Å². The maximum atomic E-state index is 12.2. The quantitative estimate of drug-likeness (QED) is 0.943. The van der Waals surface area contributed by atoms with Gasteiger partial charge in [0.05, 0.1) is 12.6 Å². The number of nitrogens with zero attached hydrogens (tertiary/aromatic N) is 3. The third kappa shape index (κ3) is 3.39. The zero-order chi connectivity index (χ0) is 14.7. The maximum Gasteiger partial charge on any atom is 0.229 e. The summed E-state index contributed by atoms with van der Waals surface area (Å²) in [5.41, 5.74) is 0.706. The molecule has 2 aromatic heterocycles. The first-order chi connectivity index (χ1) is 10.2. The number of hydrogen-bond donors (Lipinski definition) is 1. The SMILES string of the molecule is Cc1ccc(CC(=O)Nc2cncnc2N2CCCC2)s1. The third-order valence-corrected chi connectivity index (χ3v) is 4.50. The number of hydrogen-bond acceptors (Lipinski definition) is 5. The predicted octanol–water partition coefficient (Wildman–Crippen LogP) is 2.63. The lowest BCUT2D eigenvalue weighted by atomic mass is 10.3.